The predicted octanol–water partition coefficient (Wildman–Crippen LogP) is 2.87. The zero-order valence-electron chi connectivity index (χ0n) is 13.5. The molecule has 2 rings (SSSR count). The Labute approximate surface area is 139 Å². The van der Waals surface area contributed by atoms with Crippen LogP contribution in [0.2, 0.25) is 0 Å². The van der Waals surface area contributed by atoms with E-state index in [0.29, 0.717) is 17.0 Å². The average Bonchev–Trinajstić information content (AvgIpc) is 2.55. The second kappa shape index (κ2) is 8.10. The van der Waals surface area contributed by atoms with Gasteiger partial charge in [0, 0.05) is 17.8 Å². The average molecular weight is 330 g/mol. The van der Waals surface area contributed by atoms with Gasteiger partial charge in [0.25, 0.3) is 0 Å². The number of ether oxygens (including phenoxy) is 1. The van der Waals surface area contributed by atoms with Gasteiger partial charge in [0.15, 0.2) is 0 Å². The second-order valence-electron chi connectivity index (χ2n) is 5.42. The van der Waals surface area contributed by atoms with Gasteiger partial charge in [0.05, 0.1) is 6.10 Å². The summed E-state index contributed by atoms with van der Waals surface area (Å²) < 4.78 is 18.9. The molecule has 24 heavy (non-hydrogen) atoms. The molecule has 2 N–H and O–H groups in total. The van der Waals surface area contributed by atoms with E-state index in [2.05, 4.69) is 10.6 Å². The molecule has 0 aliphatic carbocycles. The number of hydrogen-bond donors (Lipinski definition) is 2. The van der Waals surface area contributed by atoms with Gasteiger partial charge in [-0.2, -0.15) is 0 Å². The quantitative estimate of drug-likeness (QED) is 0.829. The third kappa shape index (κ3) is 5.08. The van der Waals surface area contributed by atoms with Crippen molar-refractivity contribution in [3.8, 4) is 5.75 Å². The van der Waals surface area contributed by atoms with Crippen LogP contribution in [0.3, 0.4) is 0 Å². The molecular formula is C18H19FN2O3. The van der Waals surface area contributed by atoms with Crippen molar-refractivity contribution in [1.82, 2.24) is 5.32 Å². The Morgan fingerprint density at radius 3 is 2.33 bits per heavy atom. The smallest absolute Gasteiger partial charge is 0.313 e. The Kier molecular flexibility index (Phi) is 5.89. The fourth-order valence-electron chi connectivity index (χ4n) is 1.97. The number of benzene rings is 2. The van der Waals surface area contributed by atoms with Crippen LogP contribution in [0.1, 0.15) is 19.4 Å². The molecule has 0 spiro atoms. The molecule has 0 aliphatic rings. The standard InChI is InChI=1S/C18H19FN2O3/c1-12(2)24-15-9-7-14(8-10-15)21-18(23)17(22)20-11-13-5-3-4-6-16(13)19/h3-10,12H,11H2,1-2H3,(H,20,22)(H,21,23). The molecule has 0 fully saturated rings. The van der Waals surface area contributed by atoms with Gasteiger partial charge in [-0.1, -0.05) is 18.2 Å². The van der Waals surface area contributed by atoms with Crippen molar-refractivity contribution < 1.29 is 18.7 Å². The first-order valence-corrected chi connectivity index (χ1v) is 7.55. The first kappa shape index (κ1) is 17.5. The highest BCUT2D eigenvalue weighted by Gasteiger charge is 2.14. The first-order valence-electron chi connectivity index (χ1n) is 7.55. The topological polar surface area (TPSA) is 67.4 Å². The van der Waals surface area contributed by atoms with Crippen molar-refractivity contribution in [2.45, 2.75) is 26.5 Å². The Morgan fingerprint density at radius 2 is 1.71 bits per heavy atom. The summed E-state index contributed by atoms with van der Waals surface area (Å²) in [6, 6.07) is 12.7. The molecule has 0 radical (unpaired) electrons. The normalized spacial score (nSPS) is 10.3. The van der Waals surface area contributed by atoms with Crippen LogP contribution in [0.25, 0.3) is 0 Å². The summed E-state index contributed by atoms with van der Waals surface area (Å²) >= 11 is 0. The number of carbonyl (C=O) groups is 2. The summed E-state index contributed by atoms with van der Waals surface area (Å²) in [5.41, 5.74) is 0.783. The van der Waals surface area contributed by atoms with Crippen LogP contribution < -0.4 is 15.4 Å². The number of amides is 2. The third-order valence-electron chi connectivity index (χ3n) is 3.09. The van der Waals surface area contributed by atoms with Crippen LogP contribution in [0.15, 0.2) is 48.5 Å². The minimum atomic E-state index is -0.833. The zero-order chi connectivity index (χ0) is 17.5. The van der Waals surface area contributed by atoms with Gasteiger partial charge < -0.3 is 15.4 Å². The van der Waals surface area contributed by atoms with Crippen LogP contribution in [-0.2, 0) is 16.1 Å². The highest BCUT2D eigenvalue weighted by atomic mass is 19.1. The Hall–Kier alpha value is -2.89. The minimum Gasteiger partial charge on any atom is -0.491 e. The third-order valence-corrected chi connectivity index (χ3v) is 3.09. The molecule has 0 aromatic heterocycles. The lowest BCUT2D eigenvalue weighted by Crippen LogP contribution is -2.35. The molecule has 5 nitrogen and oxygen atoms in total. The lowest BCUT2D eigenvalue weighted by atomic mass is 10.2. The van der Waals surface area contributed by atoms with E-state index in [0.717, 1.165) is 0 Å². The van der Waals surface area contributed by atoms with Gasteiger partial charge in [0.2, 0.25) is 0 Å². The summed E-state index contributed by atoms with van der Waals surface area (Å²) in [5.74, 6) is -1.41. The van der Waals surface area contributed by atoms with E-state index in [-0.39, 0.29) is 12.6 Å². The van der Waals surface area contributed by atoms with E-state index in [9.17, 15) is 14.0 Å². The maximum Gasteiger partial charge on any atom is 0.313 e. The molecular weight excluding hydrogens is 311 g/mol. The molecule has 0 atom stereocenters. The molecule has 0 saturated carbocycles. The second-order valence-corrected chi connectivity index (χ2v) is 5.42. The SMILES string of the molecule is CC(C)Oc1ccc(NC(=O)C(=O)NCc2ccccc2F)cc1. The summed E-state index contributed by atoms with van der Waals surface area (Å²) in [6.45, 7) is 3.77. The largest absolute Gasteiger partial charge is 0.491 e. The number of halogens is 1. The maximum atomic E-state index is 13.5. The highest BCUT2D eigenvalue weighted by Crippen LogP contribution is 2.16. The lowest BCUT2D eigenvalue weighted by Gasteiger charge is -2.10. The monoisotopic (exact) mass is 330 g/mol. The fraction of sp³-hybridized carbons (Fsp3) is 0.222. The van der Waals surface area contributed by atoms with Gasteiger partial charge >= 0.3 is 11.8 Å². The molecule has 126 valence electrons. The number of hydrogen-bond acceptors (Lipinski definition) is 3. The Bertz CT molecular complexity index is 714. The predicted molar refractivity (Wildman–Crippen MR) is 89.1 cm³/mol. The zero-order valence-corrected chi connectivity index (χ0v) is 13.5. The molecule has 2 amide bonds. The number of anilines is 1. The molecule has 0 aliphatic heterocycles. The lowest BCUT2D eigenvalue weighted by molar-refractivity contribution is -0.136. The molecule has 0 unspecified atom stereocenters. The summed E-state index contributed by atoms with van der Waals surface area (Å²) in [5, 5.41) is 4.85. The van der Waals surface area contributed by atoms with E-state index in [1.807, 2.05) is 13.8 Å². The van der Waals surface area contributed by atoms with Gasteiger partial charge in [-0.05, 0) is 44.2 Å². The highest BCUT2D eigenvalue weighted by molar-refractivity contribution is 6.39. The molecule has 0 saturated heterocycles. The molecule has 2 aromatic carbocycles. The van der Waals surface area contributed by atoms with Crippen molar-refractivity contribution in [2.75, 3.05) is 5.32 Å². The van der Waals surface area contributed by atoms with E-state index in [1.54, 1.807) is 42.5 Å². The summed E-state index contributed by atoms with van der Waals surface area (Å²) in [4.78, 5) is 23.6. The molecule has 0 bridgehead atoms. The van der Waals surface area contributed by atoms with Crippen LogP contribution in [0.4, 0.5) is 10.1 Å². The molecule has 2 aromatic rings. The van der Waals surface area contributed by atoms with Crippen LogP contribution in [0, 0.1) is 5.82 Å². The van der Waals surface area contributed by atoms with Crippen molar-refractivity contribution in [3.05, 3.63) is 59.9 Å². The van der Waals surface area contributed by atoms with Crippen molar-refractivity contribution in [3.63, 3.8) is 0 Å². The number of carbonyl (C=O) groups excluding carboxylic acids is 2. The van der Waals surface area contributed by atoms with Gasteiger partial charge in [0.1, 0.15) is 11.6 Å². The number of nitrogens with one attached hydrogen (secondary N) is 2. The van der Waals surface area contributed by atoms with Gasteiger partial charge in [-0.25, -0.2) is 4.39 Å². The van der Waals surface area contributed by atoms with Crippen molar-refractivity contribution in [1.29, 1.82) is 0 Å². The van der Waals surface area contributed by atoms with Crippen LogP contribution >= 0.6 is 0 Å². The van der Waals surface area contributed by atoms with E-state index in [1.165, 1.54) is 6.07 Å². The van der Waals surface area contributed by atoms with Crippen LogP contribution in [0.5, 0.6) is 5.75 Å². The Balaban J connectivity index is 1.87. The van der Waals surface area contributed by atoms with E-state index in [4.69, 9.17) is 4.74 Å². The van der Waals surface area contributed by atoms with Gasteiger partial charge in [-0.15, -0.1) is 0 Å². The van der Waals surface area contributed by atoms with Crippen molar-refractivity contribution >= 4 is 17.5 Å². The maximum absolute atomic E-state index is 13.5. The summed E-state index contributed by atoms with van der Waals surface area (Å²) in [7, 11) is 0. The molecule has 0 heterocycles. The Morgan fingerprint density at radius 1 is 1.04 bits per heavy atom. The van der Waals surface area contributed by atoms with E-state index >= 15 is 0 Å². The van der Waals surface area contributed by atoms with E-state index < -0.39 is 17.6 Å². The minimum absolute atomic E-state index is 0.0506. The van der Waals surface area contributed by atoms with Crippen LogP contribution in [-0.4, -0.2) is 17.9 Å². The first-order chi connectivity index (χ1) is 11.5. The summed E-state index contributed by atoms with van der Waals surface area (Å²) in [6.07, 6.45) is 0.0506. The molecule has 6 heteroatoms. The van der Waals surface area contributed by atoms with Gasteiger partial charge in [-0.3, -0.25) is 9.59 Å². The fourth-order valence-corrected chi connectivity index (χ4v) is 1.97. The number of rotatable bonds is 5. The van der Waals surface area contributed by atoms with Crippen molar-refractivity contribution in [2.24, 2.45) is 0 Å².